The molecule has 0 fully saturated rings. The van der Waals surface area contributed by atoms with Gasteiger partial charge in [0.25, 0.3) is 0 Å². The zero-order valence-corrected chi connectivity index (χ0v) is 8.72. The van der Waals surface area contributed by atoms with Crippen molar-refractivity contribution in [2.24, 2.45) is 13.0 Å². The van der Waals surface area contributed by atoms with E-state index in [4.69, 9.17) is 0 Å². The maximum Gasteiger partial charge on any atom is 0.107 e. The van der Waals surface area contributed by atoms with Crippen LogP contribution in [0.5, 0.6) is 0 Å². The minimum atomic E-state index is 0.668. The summed E-state index contributed by atoms with van der Waals surface area (Å²) in [5.41, 5.74) is 1.16. The van der Waals surface area contributed by atoms with E-state index in [2.05, 4.69) is 34.8 Å². The second-order valence-electron chi connectivity index (χ2n) is 3.19. The first kappa shape index (κ1) is 8.78. The second kappa shape index (κ2) is 3.39. The number of hydrogen-bond donors (Lipinski definition) is 0. The van der Waals surface area contributed by atoms with Crippen molar-refractivity contribution in [3.05, 3.63) is 16.6 Å². The molecule has 0 saturated heterocycles. The average molecular weight is 217 g/mol. The van der Waals surface area contributed by atoms with Gasteiger partial charge in [0.1, 0.15) is 4.60 Å². The van der Waals surface area contributed by atoms with Crippen LogP contribution in [0.15, 0.2) is 10.9 Å². The summed E-state index contributed by atoms with van der Waals surface area (Å²) in [5.74, 6) is 0.668. The molecule has 1 heterocycles. The van der Waals surface area contributed by atoms with E-state index in [0.29, 0.717) is 5.92 Å². The highest BCUT2D eigenvalue weighted by molar-refractivity contribution is 9.10. The lowest BCUT2D eigenvalue weighted by Gasteiger charge is -2.01. The molecule has 0 aliphatic carbocycles. The molecule has 1 aromatic heterocycles. The monoisotopic (exact) mass is 216 g/mol. The standard InChI is InChI=1S/C8H13BrN2/c1-6(2)4-7-8(9)11(3)5-10-7/h5-6H,4H2,1-3H3. The first-order chi connectivity index (χ1) is 5.11. The van der Waals surface area contributed by atoms with Gasteiger partial charge in [-0.3, -0.25) is 0 Å². The van der Waals surface area contributed by atoms with E-state index in [1.165, 1.54) is 0 Å². The average Bonchev–Trinajstić information content (AvgIpc) is 2.18. The highest BCUT2D eigenvalue weighted by Gasteiger charge is 2.06. The van der Waals surface area contributed by atoms with Crippen LogP contribution in [0, 0.1) is 5.92 Å². The number of halogens is 1. The van der Waals surface area contributed by atoms with Crippen LogP contribution < -0.4 is 0 Å². The highest BCUT2D eigenvalue weighted by Crippen LogP contribution is 2.17. The minimum absolute atomic E-state index is 0.668. The molecule has 62 valence electrons. The number of nitrogens with zero attached hydrogens (tertiary/aromatic N) is 2. The first-order valence-corrected chi connectivity index (χ1v) is 4.56. The Morgan fingerprint density at radius 2 is 2.27 bits per heavy atom. The summed E-state index contributed by atoms with van der Waals surface area (Å²) < 4.78 is 3.09. The van der Waals surface area contributed by atoms with Crippen molar-refractivity contribution in [1.29, 1.82) is 0 Å². The topological polar surface area (TPSA) is 17.8 Å². The molecule has 0 spiro atoms. The summed E-state index contributed by atoms with van der Waals surface area (Å²) in [7, 11) is 1.99. The van der Waals surface area contributed by atoms with Gasteiger partial charge in [0, 0.05) is 7.05 Å². The largest absolute Gasteiger partial charge is 0.328 e. The molecule has 0 aromatic carbocycles. The summed E-state index contributed by atoms with van der Waals surface area (Å²) in [6.45, 7) is 4.39. The Morgan fingerprint density at radius 3 is 2.64 bits per heavy atom. The second-order valence-corrected chi connectivity index (χ2v) is 3.94. The van der Waals surface area contributed by atoms with Crippen molar-refractivity contribution in [1.82, 2.24) is 9.55 Å². The van der Waals surface area contributed by atoms with E-state index in [9.17, 15) is 0 Å². The third-order valence-corrected chi connectivity index (χ3v) is 2.55. The molecule has 11 heavy (non-hydrogen) atoms. The number of imidazole rings is 1. The fourth-order valence-corrected chi connectivity index (χ4v) is 1.34. The van der Waals surface area contributed by atoms with Gasteiger partial charge in [-0.25, -0.2) is 4.98 Å². The Hall–Kier alpha value is -0.310. The zero-order chi connectivity index (χ0) is 8.43. The smallest absolute Gasteiger partial charge is 0.107 e. The Kier molecular flexibility index (Phi) is 2.71. The number of aryl methyl sites for hydroxylation is 1. The molecular formula is C8H13BrN2. The maximum atomic E-state index is 4.27. The van der Waals surface area contributed by atoms with E-state index >= 15 is 0 Å². The summed E-state index contributed by atoms with van der Waals surface area (Å²) in [4.78, 5) is 4.27. The molecule has 0 saturated carbocycles. The Balaban J connectivity index is 2.79. The van der Waals surface area contributed by atoms with E-state index in [0.717, 1.165) is 16.7 Å². The third-order valence-electron chi connectivity index (χ3n) is 1.54. The van der Waals surface area contributed by atoms with Crippen LogP contribution in [0.4, 0.5) is 0 Å². The van der Waals surface area contributed by atoms with Crippen molar-refractivity contribution < 1.29 is 0 Å². The van der Waals surface area contributed by atoms with Gasteiger partial charge < -0.3 is 4.57 Å². The molecule has 0 atom stereocenters. The Labute approximate surface area is 75.8 Å². The van der Waals surface area contributed by atoms with E-state index in [1.54, 1.807) is 0 Å². The summed E-state index contributed by atoms with van der Waals surface area (Å²) >= 11 is 3.48. The van der Waals surface area contributed by atoms with Gasteiger partial charge in [0.2, 0.25) is 0 Å². The van der Waals surface area contributed by atoms with Gasteiger partial charge in [-0.15, -0.1) is 0 Å². The van der Waals surface area contributed by atoms with Crippen molar-refractivity contribution in [2.45, 2.75) is 20.3 Å². The maximum absolute atomic E-state index is 4.27. The molecule has 0 amide bonds. The number of hydrogen-bond acceptors (Lipinski definition) is 1. The fraction of sp³-hybridized carbons (Fsp3) is 0.625. The fourth-order valence-electron chi connectivity index (χ4n) is 0.987. The van der Waals surface area contributed by atoms with Crippen LogP contribution in [0.25, 0.3) is 0 Å². The lowest BCUT2D eigenvalue weighted by molar-refractivity contribution is 0.634. The van der Waals surface area contributed by atoms with Gasteiger partial charge in [0.15, 0.2) is 0 Å². The molecule has 0 aliphatic heterocycles. The van der Waals surface area contributed by atoms with Gasteiger partial charge in [-0.05, 0) is 28.3 Å². The first-order valence-electron chi connectivity index (χ1n) is 3.77. The van der Waals surface area contributed by atoms with Crippen molar-refractivity contribution >= 4 is 15.9 Å². The molecule has 0 bridgehead atoms. The molecular weight excluding hydrogens is 204 g/mol. The van der Waals surface area contributed by atoms with Crippen molar-refractivity contribution in [3.63, 3.8) is 0 Å². The van der Waals surface area contributed by atoms with Gasteiger partial charge in [0.05, 0.1) is 12.0 Å². The van der Waals surface area contributed by atoms with Crippen LogP contribution in [0.2, 0.25) is 0 Å². The lowest BCUT2D eigenvalue weighted by Crippen LogP contribution is -1.95. The number of rotatable bonds is 2. The molecule has 0 unspecified atom stereocenters. The molecule has 2 nitrogen and oxygen atoms in total. The summed E-state index contributed by atoms with van der Waals surface area (Å²) in [5, 5.41) is 0. The number of aromatic nitrogens is 2. The predicted molar refractivity (Wildman–Crippen MR) is 49.5 cm³/mol. The Bertz CT molecular complexity index is 240. The van der Waals surface area contributed by atoms with Gasteiger partial charge in [-0.2, -0.15) is 0 Å². The van der Waals surface area contributed by atoms with Crippen molar-refractivity contribution in [2.75, 3.05) is 0 Å². The van der Waals surface area contributed by atoms with Crippen LogP contribution in [-0.4, -0.2) is 9.55 Å². The van der Waals surface area contributed by atoms with Crippen LogP contribution in [-0.2, 0) is 13.5 Å². The Morgan fingerprint density at radius 1 is 1.64 bits per heavy atom. The lowest BCUT2D eigenvalue weighted by atomic mass is 10.1. The van der Waals surface area contributed by atoms with Crippen LogP contribution in [0.3, 0.4) is 0 Å². The third kappa shape index (κ3) is 2.06. The predicted octanol–water partition coefficient (Wildman–Crippen LogP) is 2.38. The summed E-state index contributed by atoms with van der Waals surface area (Å²) in [6.07, 6.45) is 2.88. The molecule has 1 rings (SSSR count). The minimum Gasteiger partial charge on any atom is -0.328 e. The molecule has 0 N–H and O–H groups in total. The molecule has 3 heteroatoms. The normalized spacial score (nSPS) is 11.0. The zero-order valence-electron chi connectivity index (χ0n) is 7.13. The van der Waals surface area contributed by atoms with Crippen LogP contribution >= 0.6 is 15.9 Å². The molecule has 0 aliphatic rings. The highest BCUT2D eigenvalue weighted by atomic mass is 79.9. The van der Waals surface area contributed by atoms with E-state index < -0.39 is 0 Å². The SMILES string of the molecule is CC(C)Cc1ncn(C)c1Br. The van der Waals surface area contributed by atoms with E-state index in [1.807, 2.05) is 17.9 Å². The van der Waals surface area contributed by atoms with Crippen LogP contribution in [0.1, 0.15) is 19.5 Å². The van der Waals surface area contributed by atoms with Crippen molar-refractivity contribution in [3.8, 4) is 0 Å². The molecule has 0 radical (unpaired) electrons. The van der Waals surface area contributed by atoms with Gasteiger partial charge >= 0.3 is 0 Å². The van der Waals surface area contributed by atoms with E-state index in [-0.39, 0.29) is 0 Å². The molecule has 1 aromatic rings. The quantitative estimate of drug-likeness (QED) is 0.743. The van der Waals surface area contributed by atoms with Gasteiger partial charge in [-0.1, -0.05) is 13.8 Å². The summed E-state index contributed by atoms with van der Waals surface area (Å²) in [6, 6.07) is 0.